The van der Waals surface area contributed by atoms with Crippen LogP contribution in [-0.4, -0.2) is 45.7 Å². The Balaban J connectivity index is 2.03. The van der Waals surface area contributed by atoms with Crippen molar-refractivity contribution in [2.45, 2.75) is 65.0 Å². The molecule has 2 amide bonds. The van der Waals surface area contributed by atoms with Crippen molar-refractivity contribution in [2.24, 2.45) is 0 Å². The highest BCUT2D eigenvalue weighted by molar-refractivity contribution is 5.83. The van der Waals surface area contributed by atoms with Gasteiger partial charge in [0.2, 0.25) is 23.0 Å². The van der Waals surface area contributed by atoms with E-state index in [1.807, 2.05) is 26.0 Å². The van der Waals surface area contributed by atoms with Crippen molar-refractivity contribution < 1.29 is 23.8 Å². The van der Waals surface area contributed by atoms with Crippen LogP contribution in [0.4, 0.5) is 5.69 Å². The quantitative estimate of drug-likeness (QED) is 0.380. The molecule has 1 aliphatic rings. The first-order chi connectivity index (χ1) is 18.2. The molecule has 0 aliphatic heterocycles. The van der Waals surface area contributed by atoms with Crippen LogP contribution in [-0.2, 0) is 16.0 Å². The largest absolute Gasteiger partial charge is 0.493 e. The number of fused-ring (bicyclic) bond motifs is 3. The summed E-state index contributed by atoms with van der Waals surface area (Å²) in [6.45, 7) is 5.94. The third-order valence-corrected chi connectivity index (χ3v) is 6.83. The minimum Gasteiger partial charge on any atom is -0.493 e. The number of methoxy groups -OCH3 is 3. The molecule has 0 fully saturated rings. The lowest BCUT2D eigenvalue weighted by molar-refractivity contribution is -0.122. The molecule has 38 heavy (non-hydrogen) atoms. The van der Waals surface area contributed by atoms with Crippen molar-refractivity contribution in [1.29, 1.82) is 0 Å². The molecule has 9 heteroatoms. The molecular formula is C29H39N3O6. The Morgan fingerprint density at radius 3 is 2.45 bits per heavy atom. The second-order valence-electron chi connectivity index (χ2n) is 9.50. The van der Waals surface area contributed by atoms with Gasteiger partial charge in [-0.05, 0) is 67.5 Å². The highest BCUT2D eigenvalue weighted by Gasteiger charge is 2.29. The normalized spacial score (nSPS) is 14.7. The fourth-order valence-electron chi connectivity index (χ4n) is 4.77. The number of amides is 2. The van der Waals surface area contributed by atoms with E-state index in [0.29, 0.717) is 60.7 Å². The number of hydrogen-bond donors (Lipinski definition) is 3. The average Bonchev–Trinajstić information content (AvgIpc) is 3.13. The van der Waals surface area contributed by atoms with Crippen molar-refractivity contribution in [3.8, 4) is 28.4 Å². The lowest BCUT2D eigenvalue weighted by Crippen LogP contribution is -2.32. The second kappa shape index (κ2) is 13.2. The van der Waals surface area contributed by atoms with Crippen molar-refractivity contribution in [1.82, 2.24) is 10.6 Å². The van der Waals surface area contributed by atoms with Gasteiger partial charge in [-0.3, -0.25) is 14.4 Å². The lowest BCUT2D eigenvalue weighted by atomic mass is 9.95. The predicted octanol–water partition coefficient (Wildman–Crippen LogP) is 3.97. The van der Waals surface area contributed by atoms with Crippen LogP contribution < -0.4 is 35.6 Å². The van der Waals surface area contributed by atoms with Crippen LogP contribution in [0.2, 0.25) is 0 Å². The van der Waals surface area contributed by atoms with Gasteiger partial charge in [-0.15, -0.1) is 0 Å². The van der Waals surface area contributed by atoms with Crippen LogP contribution in [0.5, 0.6) is 17.2 Å². The molecule has 2 atom stereocenters. The lowest BCUT2D eigenvalue weighted by Gasteiger charge is -2.19. The summed E-state index contributed by atoms with van der Waals surface area (Å²) in [6.07, 6.45) is 3.06. The number of anilines is 1. The molecule has 0 spiro atoms. The third-order valence-electron chi connectivity index (χ3n) is 6.83. The molecule has 206 valence electrons. The molecule has 1 aliphatic carbocycles. The van der Waals surface area contributed by atoms with Crippen LogP contribution in [0.25, 0.3) is 11.1 Å². The Morgan fingerprint density at radius 1 is 1.08 bits per heavy atom. The predicted molar refractivity (Wildman–Crippen MR) is 148 cm³/mol. The average molecular weight is 526 g/mol. The molecule has 0 heterocycles. The Hall–Kier alpha value is -3.75. The zero-order valence-electron chi connectivity index (χ0n) is 23.2. The number of aryl methyl sites for hydroxylation is 1. The van der Waals surface area contributed by atoms with Gasteiger partial charge in [0.25, 0.3) is 0 Å². The van der Waals surface area contributed by atoms with E-state index >= 15 is 0 Å². The summed E-state index contributed by atoms with van der Waals surface area (Å²) >= 11 is 0. The smallest absolute Gasteiger partial charge is 0.220 e. The molecule has 0 saturated heterocycles. The topological polar surface area (TPSA) is 115 Å². The molecule has 0 unspecified atom stereocenters. The Labute approximate surface area is 224 Å². The molecule has 9 nitrogen and oxygen atoms in total. The van der Waals surface area contributed by atoms with E-state index in [9.17, 15) is 14.4 Å². The summed E-state index contributed by atoms with van der Waals surface area (Å²) in [5.41, 5.74) is 3.46. The highest BCUT2D eigenvalue weighted by Crippen LogP contribution is 2.50. The Kier molecular flexibility index (Phi) is 9.98. The number of ether oxygens (including phenoxy) is 3. The molecule has 3 N–H and O–H groups in total. The minimum absolute atomic E-state index is 0.0000506. The van der Waals surface area contributed by atoms with E-state index in [2.05, 4.69) is 16.0 Å². The molecule has 3 rings (SSSR count). The van der Waals surface area contributed by atoms with E-state index in [0.717, 1.165) is 23.1 Å². The highest BCUT2D eigenvalue weighted by atomic mass is 16.5. The molecule has 2 aromatic carbocycles. The first kappa shape index (κ1) is 28.8. The first-order valence-corrected chi connectivity index (χ1v) is 13.0. The molecule has 0 aromatic heterocycles. The van der Waals surface area contributed by atoms with Gasteiger partial charge in [-0.25, -0.2) is 0 Å². The first-order valence-electron chi connectivity index (χ1n) is 13.0. The summed E-state index contributed by atoms with van der Waals surface area (Å²) in [7, 11) is 4.69. The van der Waals surface area contributed by atoms with Crippen LogP contribution in [0.15, 0.2) is 29.1 Å². The van der Waals surface area contributed by atoms with E-state index in [1.54, 1.807) is 33.5 Å². The molecule has 0 saturated carbocycles. The fraction of sp³-hybridized carbons (Fsp3) is 0.483. The Bertz CT molecular complexity index is 1230. The van der Waals surface area contributed by atoms with Gasteiger partial charge in [-0.2, -0.15) is 0 Å². The maximum absolute atomic E-state index is 13.3. The van der Waals surface area contributed by atoms with Crippen LogP contribution in [0.1, 0.15) is 63.6 Å². The van der Waals surface area contributed by atoms with Crippen LogP contribution in [0, 0.1) is 0 Å². The summed E-state index contributed by atoms with van der Waals surface area (Å²) in [6, 6.07) is 6.90. The van der Waals surface area contributed by atoms with Gasteiger partial charge in [-0.1, -0.05) is 13.0 Å². The van der Waals surface area contributed by atoms with Gasteiger partial charge < -0.3 is 30.2 Å². The number of hydrogen-bond acceptors (Lipinski definition) is 7. The van der Waals surface area contributed by atoms with Crippen molar-refractivity contribution in [3.63, 3.8) is 0 Å². The maximum Gasteiger partial charge on any atom is 0.220 e. The fourth-order valence-corrected chi connectivity index (χ4v) is 4.77. The van der Waals surface area contributed by atoms with Gasteiger partial charge in [0.05, 0.1) is 33.1 Å². The summed E-state index contributed by atoms with van der Waals surface area (Å²) in [5, 5.41) is 9.15. The molecule has 2 aromatic rings. The van der Waals surface area contributed by atoms with Crippen molar-refractivity contribution in [3.05, 3.63) is 45.6 Å². The zero-order valence-corrected chi connectivity index (χ0v) is 23.2. The minimum atomic E-state index is -0.367. The summed E-state index contributed by atoms with van der Waals surface area (Å²) < 4.78 is 17.0. The number of benzene rings is 1. The van der Waals surface area contributed by atoms with E-state index in [4.69, 9.17) is 14.2 Å². The summed E-state index contributed by atoms with van der Waals surface area (Å²) in [5.74, 6) is 1.34. The van der Waals surface area contributed by atoms with Crippen molar-refractivity contribution in [2.75, 3.05) is 33.2 Å². The number of carbonyl (C=O) groups is 2. The molecule has 0 bridgehead atoms. The van der Waals surface area contributed by atoms with Gasteiger partial charge in [0, 0.05) is 31.5 Å². The summed E-state index contributed by atoms with van der Waals surface area (Å²) in [4.78, 5) is 37.5. The van der Waals surface area contributed by atoms with Gasteiger partial charge in [0.1, 0.15) is 0 Å². The number of carbonyl (C=O) groups excluding carboxylic acids is 2. The zero-order chi connectivity index (χ0) is 27.8. The van der Waals surface area contributed by atoms with Crippen molar-refractivity contribution >= 4 is 17.5 Å². The second-order valence-corrected chi connectivity index (χ2v) is 9.50. The standard InChI is InChI=1S/C29H39N3O6/c1-7-17(2)31-26(35)9-8-14-30-23-13-11-20-21(16-24(23)34)22(32-18(3)33)12-10-19-15-25(36-4)28(37-5)29(38-6)27(19)20/h11,13,15-17,22H,7-10,12,14H2,1-6H3,(H,30,34)(H,31,35)(H,32,33)/t17-,22+/m1/s1. The SMILES string of the molecule is CC[C@@H](C)NC(=O)CCCNc1ccc2c(cc1=O)[C@@H](NC(C)=O)CCc1cc(OC)c(OC)c(OC)c1-2. The van der Waals surface area contributed by atoms with Crippen LogP contribution >= 0.6 is 0 Å². The molecular weight excluding hydrogens is 486 g/mol. The third kappa shape index (κ3) is 6.57. The van der Waals surface area contributed by atoms with E-state index < -0.39 is 0 Å². The number of rotatable bonds is 11. The van der Waals surface area contributed by atoms with Crippen LogP contribution in [0.3, 0.4) is 0 Å². The molecule has 0 radical (unpaired) electrons. The van der Waals surface area contributed by atoms with E-state index in [1.165, 1.54) is 6.92 Å². The van der Waals surface area contributed by atoms with Gasteiger partial charge >= 0.3 is 0 Å². The number of nitrogens with one attached hydrogen (secondary N) is 3. The maximum atomic E-state index is 13.3. The Morgan fingerprint density at radius 2 is 1.82 bits per heavy atom. The van der Waals surface area contributed by atoms with Gasteiger partial charge in [0.15, 0.2) is 11.5 Å². The monoisotopic (exact) mass is 525 g/mol. The van der Waals surface area contributed by atoms with E-state index in [-0.39, 0.29) is 29.3 Å².